The van der Waals surface area contributed by atoms with E-state index in [0.717, 1.165) is 29.8 Å². The van der Waals surface area contributed by atoms with E-state index >= 15 is 0 Å². The van der Waals surface area contributed by atoms with Gasteiger partial charge in [-0.05, 0) is 31.9 Å². The van der Waals surface area contributed by atoms with Gasteiger partial charge in [-0.2, -0.15) is 0 Å². The number of esters is 1. The van der Waals surface area contributed by atoms with Gasteiger partial charge in [-0.25, -0.2) is 9.78 Å². The topological polar surface area (TPSA) is 59.5 Å². The van der Waals surface area contributed by atoms with Crippen molar-refractivity contribution in [3.63, 3.8) is 0 Å². The molecule has 6 heteroatoms. The number of aryl methyl sites for hydroxylation is 1. The quantitative estimate of drug-likeness (QED) is 0.480. The molecule has 1 amide bonds. The smallest absolute Gasteiger partial charge is 0.357 e. The van der Waals surface area contributed by atoms with Crippen molar-refractivity contribution in [3.05, 3.63) is 51.5 Å². The lowest BCUT2D eigenvalue weighted by atomic mass is 10.1. The number of unbranched alkanes of at least 4 members (excludes halogenated alkanes) is 2. The minimum atomic E-state index is -0.419. The second-order valence-electron chi connectivity index (χ2n) is 6.10. The summed E-state index contributed by atoms with van der Waals surface area (Å²) in [6, 6.07) is 7.61. The van der Waals surface area contributed by atoms with E-state index in [4.69, 9.17) is 4.74 Å². The molecule has 26 heavy (non-hydrogen) atoms. The highest BCUT2D eigenvalue weighted by Crippen LogP contribution is 2.18. The number of carbonyl (C=O) groups is 2. The van der Waals surface area contributed by atoms with Crippen LogP contribution in [0.5, 0.6) is 0 Å². The summed E-state index contributed by atoms with van der Waals surface area (Å²) in [5.41, 5.74) is 1.99. The van der Waals surface area contributed by atoms with Gasteiger partial charge in [-0.15, -0.1) is 11.3 Å². The van der Waals surface area contributed by atoms with E-state index in [0.29, 0.717) is 31.0 Å². The molecular weight excluding hydrogens is 348 g/mol. The summed E-state index contributed by atoms with van der Waals surface area (Å²) >= 11 is 1.38. The maximum atomic E-state index is 13.0. The molecule has 2 aromatic rings. The first kappa shape index (κ1) is 20.1. The maximum Gasteiger partial charge on any atom is 0.357 e. The zero-order valence-corrected chi connectivity index (χ0v) is 16.5. The van der Waals surface area contributed by atoms with Crippen LogP contribution in [0.3, 0.4) is 0 Å². The third kappa shape index (κ3) is 5.39. The van der Waals surface area contributed by atoms with Gasteiger partial charge in [0.1, 0.15) is 5.01 Å². The molecule has 0 aliphatic rings. The van der Waals surface area contributed by atoms with Crippen molar-refractivity contribution in [1.82, 2.24) is 9.88 Å². The summed E-state index contributed by atoms with van der Waals surface area (Å²) in [5, 5.41) is 2.43. The number of benzene rings is 1. The number of hydrogen-bond acceptors (Lipinski definition) is 5. The zero-order valence-electron chi connectivity index (χ0n) is 15.7. The fourth-order valence-corrected chi connectivity index (χ4v) is 3.41. The second-order valence-corrected chi connectivity index (χ2v) is 7.04. The summed E-state index contributed by atoms with van der Waals surface area (Å²) in [6.45, 7) is 7.25. The molecule has 0 atom stereocenters. The van der Waals surface area contributed by atoms with Crippen LogP contribution < -0.4 is 0 Å². The number of rotatable bonds is 9. The van der Waals surface area contributed by atoms with Gasteiger partial charge in [-0.1, -0.05) is 38.0 Å². The predicted octanol–water partition coefficient (Wildman–Crippen LogP) is 4.46. The number of carbonyl (C=O) groups excluding carboxylic acids is 2. The molecule has 1 aromatic heterocycles. The van der Waals surface area contributed by atoms with Crippen LogP contribution in [-0.4, -0.2) is 34.9 Å². The van der Waals surface area contributed by atoms with Crippen LogP contribution in [0.25, 0.3) is 0 Å². The van der Waals surface area contributed by atoms with E-state index in [1.807, 2.05) is 36.1 Å². The van der Waals surface area contributed by atoms with Crippen molar-refractivity contribution in [1.29, 1.82) is 0 Å². The Kier molecular flexibility index (Phi) is 7.78. The van der Waals surface area contributed by atoms with Crippen LogP contribution in [0.15, 0.2) is 29.6 Å². The SMILES string of the molecule is CCCCCN(Cc1nc(C(=O)OCC)cs1)C(=O)c1ccccc1C. The molecule has 0 spiro atoms. The van der Waals surface area contributed by atoms with Crippen molar-refractivity contribution >= 4 is 23.2 Å². The van der Waals surface area contributed by atoms with Gasteiger partial charge in [-0.3, -0.25) is 4.79 Å². The van der Waals surface area contributed by atoms with E-state index in [-0.39, 0.29) is 5.91 Å². The molecule has 5 nitrogen and oxygen atoms in total. The van der Waals surface area contributed by atoms with Crippen LogP contribution >= 0.6 is 11.3 Å². The molecule has 0 N–H and O–H groups in total. The van der Waals surface area contributed by atoms with Gasteiger partial charge in [0.15, 0.2) is 5.69 Å². The normalized spacial score (nSPS) is 10.6. The van der Waals surface area contributed by atoms with E-state index in [9.17, 15) is 9.59 Å². The van der Waals surface area contributed by atoms with Crippen molar-refractivity contribution in [3.8, 4) is 0 Å². The van der Waals surface area contributed by atoms with Crippen molar-refractivity contribution in [2.45, 2.75) is 46.6 Å². The Morgan fingerprint density at radius 2 is 1.96 bits per heavy atom. The Morgan fingerprint density at radius 3 is 2.65 bits per heavy atom. The first-order valence-electron chi connectivity index (χ1n) is 9.03. The molecule has 1 aromatic carbocycles. The van der Waals surface area contributed by atoms with Crippen molar-refractivity contribution in [2.24, 2.45) is 0 Å². The zero-order chi connectivity index (χ0) is 18.9. The molecular formula is C20H26N2O3S. The van der Waals surface area contributed by atoms with E-state index in [1.54, 1.807) is 12.3 Å². The Balaban J connectivity index is 2.15. The largest absolute Gasteiger partial charge is 0.461 e. The molecule has 0 bridgehead atoms. The summed E-state index contributed by atoms with van der Waals surface area (Å²) in [4.78, 5) is 31.0. The fourth-order valence-electron chi connectivity index (χ4n) is 2.63. The lowest BCUT2D eigenvalue weighted by molar-refractivity contribution is 0.0520. The average molecular weight is 375 g/mol. The van der Waals surface area contributed by atoms with Crippen LogP contribution in [0.2, 0.25) is 0 Å². The van der Waals surface area contributed by atoms with Crippen LogP contribution in [0.1, 0.15) is 64.5 Å². The first-order chi connectivity index (χ1) is 12.6. The van der Waals surface area contributed by atoms with E-state index in [2.05, 4.69) is 11.9 Å². The highest BCUT2D eigenvalue weighted by atomic mass is 32.1. The third-order valence-corrected chi connectivity index (χ3v) is 4.89. The molecule has 0 aliphatic heterocycles. The molecule has 140 valence electrons. The molecule has 0 unspecified atom stereocenters. The van der Waals surface area contributed by atoms with Crippen LogP contribution in [0.4, 0.5) is 0 Å². The molecule has 0 fully saturated rings. The number of ether oxygens (including phenoxy) is 1. The fraction of sp³-hybridized carbons (Fsp3) is 0.450. The van der Waals surface area contributed by atoms with E-state index in [1.165, 1.54) is 11.3 Å². The monoisotopic (exact) mass is 374 g/mol. The Hall–Kier alpha value is -2.21. The number of nitrogens with zero attached hydrogens (tertiary/aromatic N) is 2. The number of thiazole rings is 1. The molecule has 0 radical (unpaired) electrons. The van der Waals surface area contributed by atoms with Crippen LogP contribution in [-0.2, 0) is 11.3 Å². The second kappa shape index (κ2) is 10.1. The van der Waals surface area contributed by atoms with Gasteiger partial charge >= 0.3 is 5.97 Å². The van der Waals surface area contributed by atoms with Gasteiger partial charge < -0.3 is 9.64 Å². The van der Waals surface area contributed by atoms with Gasteiger partial charge in [0, 0.05) is 17.5 Å². The molecule has 0 aliphatic carbocycles. The number of hydrogen-bond donors (Lipinski definition) is 0. The Morgan fingerprint density at radius 1 is 1.19 bits per heavy atom. The highest BCUT2D eigenvalue weighted by Gasteiger charge is 2.20. The number of amides is 1. The third-order valence-electron chi connectivity index (χ3n) is 4.06. The molecule has 0 saturated heterocycles. The van der Waals surface area contributed by atoms with Crippen molar-refractivity contribution < 1.29 is 14.3 Å². The standard InChI is InChI=1S/C20H26N2O3S/c1-4-6-9-12-22(19(23)16-11-8-7-10-15(16)3)13-18-21-17(14-26-18)20(24)25-5-2/h7-8,10-11,14H,4-6,9,12-13H2,1-3H3. The summed E-state index contributed by atoms with van der Waals surface area (Å²) in [6.07, 6.45) is 3.12. The first-order valence-corrected chi connectivity index (χ1v) is 9.91. The molecule has 2 rings (SSSR count). The summed E-state index contributed by atoms with van der Waals surface area (Å²) in [7, 11) is 0. The molecule has 0 saturated carbocycles. The Labute approximate surface area is 159 Å². The van der Waals surface area contributed by atoms with Crippen LogP contribution in [0, 0.1) is 6.92 Å². The predicted molar refractivity (Wildman–Crippen MR) is 104 cm³/mol. The lowest BCUT2D eigenvalue weighted by Crippen LogP contribution is -2.32. The van der Waals surface area contributed by atoms with Gasteiger partial charge in [0.2, 0.25) is 0 Å². The summed E-state index contributed by atoms with van der Waals surface area (Å²) < 4.78 is 4.98. The summed E-state index contributed by atoms with van der Waals surface area (Å²) in [5.74, 6) is -0.412. The van der Waals surface area contributed by atoms with Crippen molar-refractivity contribution in [2.75, 3.05) is 13.2 Å². The lowest BCUT2D eigenvalue weighted by Gasteiger charge is -2.22. The highest BCUT2D eigenvalue weighted by molar-refractivity contribution is 7.09. The number of aromatic nitrogens is 1. The minimum absolute atomic E-state index is 0.00656. The van der Waals surface area contributed by atoms with Gasteiger partial charge in [0.25, 0.3) is 5.91 Å². The average Bonchev–Trinajstić information content (AvgIpc) is 3.10. The molecule has 1 heterocycles. The Bertz CT molecular complexity index is 742. The maximum absolute atomic E-state index is 13.0. The van der Waals surface area contributed by atoms with E-state index < -0.39 is 5.97 Å². The van der Waals surface area contributed by atoms with Gasteiger partial charge in [0.05, 0.1) is 13.2 Å². The minimum Gasteiger partial charge on any atom is -0.461 e.